The van der Waals surface area contributed by atoms with Gasteiger partial charge in [0.1, 0.15) is 0 Å². The van der Waals surface area contributed by atoms with Gasteiger partial charge in [-0.05, 0) is 12.5 Å². The second-order valence-corrected chi connectivity index (χ2v) is 7.02. The summed E-state index contributed by atoms with van der Waals surface area (Å²) in [6.07, 6.45) is 10.1. The summed E-state index contributed by atoms with van der Waals surface area (Å²) in [6, 6.07) is 4.03. The van der Waals surface area contributed by atoms with Crippen LogP contribution in [0.3, 0.4) is 0 Å². The van der Waals surface area contributed by atoms with E-state index in [1.165, 1.54) is 12.8 Å². The molecule has 0 aliphatic carbocycles. The Morgan fingerprint density at radius 1 is 1.29 bits per heavy atom. The van der Waals surface area contributed by atoms with Gasteiger partial charge in [-0.2, -0.15) is 0 Å². The van der Waals surface area contributed by atoms with Crippen molar-refractivity contribution in [1.82, 2.24) is 19.9 Å². The Morgan fingerprint density at radius 2 is 2.17 bits per heavy atom. The maximum absolute atomic E-state index is 5.89. The lowest BCUT2D eigenvalue weighted by molar-refractivity contribution is -0.0331. The molecule has 2 aromatic heterocycles. The number of thioether (sulfide) groups is 1. The van der Waals surface area contributed by atoms with Crippen LogP contribution in [0.1, 0.15) is 37.0 Å². The van der Waals surface area contributed by atoms with Crippen LogP contribution in [0.15, 0.2) is 42.1 Å². The van der Waals surface area contributed by atoms with E-state index < -0.39 is 0 Å². The minimum Gasteiger partial charge on any atom is -0.371 e. The highest BCUT2D eigenvalue weighted by molar-refractivity contribution is 7.99. The predicted octanol–water partition coefficient (Wildman–Crippen LogP) is 3.34. The first-order chi connectivity index (χ1) is 11.8. The molecule has 6 heteroatoms. The van der Waals surface area contributed by atoms with Crippen molar-refractivity contribution < 1.29 is 4.74 Å². The zero-order valence-electron chi connectivity index (χ0n) is 14.1. The first-order valence-electron chi connectivity index (χ1n) is 8.52. The Bertz CT molecular complexity index is 608. The van der Waals surface area contributed by atoms with Crippen LogP contribution in [0, 0.1) is 0 Å². The number of rotatable bonds is 7. The standard InChI is InChI=1S/C18H24N4OS/c1-2-3-9-24-18-20-10-15(11-21-18)13-22-7-8-23-17(14-22)16-5-4-6-19-12-16/h4-6,10-12,17H,2-3,7-9,13-14H2,1H3. The summed E-state index contributed by atoms with van der Waals surface area (Å²) < 4.78 is 5.89. The Balaban J connectivity index is 1.53. The lowest BCUT2D eigenvalue weighted by Gasteiger charge is -2.32. The van der Waals surface area contributed by atoms with Gasteiger partial charge in [-0.15, -0.1) is 0 Å². The molecule has 128 valence electrons. The molecule has 0 bridgehead atoms. The average molecular weight is 344 g/mol. The maximum Gasteiger partial charge on any atom is 0.187 e. The average Bonchev–Trinajstić information content (AvgIpc) is 2.64. The summed E-state index contributed by atoms with van der Waals surface area (Å²) in [6.45, 7) is 5.61. The molecule has 3 rings (SSSR count). The van der Waals surface area contributed by atoms with Crippen molar-refractivity contribution >= 4 is 11.8 Å². The van der Waals surface area contributed by atoms with E-state index in [1.54, 1.807) is 18.0 Å². The fourth-order valence-electron chi connectivity index (χ4n) is 2.68. The number of aromatic nitrogens is 3. The molecular weight excluding hydrogens is 320 g/mol. The Morgan fingerprint density at radius 3 is 2.92 bits per heavy atom. The van der Waals surface area contributed by atoms with E-state index >= 15 is 0 Å². The quantitative estimate of drug-likeness (QED) is 0.436. The van der Waals surface area contributed by atoms with Crippen molar-refractivity contribution in [2.75, 3.05) is 25.4 Å². The highest BCUT2D eigenvalue weighted by atomic mass is 32.2. The second-order valence-electron chi connectivity index (χ2n) is 5.96. The number of ether oxygens (including phenoxy) is 1. The fraction of sp³-hybridized carbons (Fsp3) is 0.500. The lowest BCUT2D eigenvalue weighted by Crippen LogP contribution is -2.37. The van der Waals surface area contributed by atoms with Crippen molar-refractivity contribution in [1.29, 1.82) is 0 Å². The number of pyridine rings is 1. The molecule has 0 aromatic carbocycles. The molecule has 2 aromatic rings. The topological polar surface area (TPSA) is 51.1 Å². The van der Waals surface area contributed by atoms with Gasteiger partial charge < -0.3 is 4.74 Å². The first-order valence-corrected chi connectivity index (χ1v) is 9.51. The van der Waals surface area contributed by atoms with Gasteiger partial charge in [0.2, 0.25) is 0 Å². The molecule has 24 heavy (non-hydrogen) atoms. The van der Waals surface area contributed by atoms with E-state index in [0.29, 0.717) is 0 Å². The molecule has 0 radical (unpaired) electrons. The van der Waals surface area contributed by atoms with Gasteiger partial charge in [0.05, 0.1) is 12.7 Å². The van der Waals surface area contributed by atoms with E-state index in [9.17, 15) is 0 Å². The molecule has 1 saturated heterocycles. The van der Waals surface area contributed by atoms with E-state index in [2.05, 4.69) is 32.8 Å². The van der Waals surface area contributed by atoms with E-state index in [1.807, 2.05) is 24.7 Å². The summed E-state index contributed by atoms with van der Waals surface area (Å²) in [5, 5.41) is 0.877. The van der Waals surface area contributed by atoms with Gasteiger partial charge >= 0.3 is 0 Å². The molecule has 0 N–H and O–H groups in total. The number of morpholine rings is 1. The summed E-state index contributed by atoms with van der Waals surface area (Å²) in [4.78, 5) is 15.5. The molecule has 1 unspecified atom stereocenters. The monoisotopic (exact) mass is 344 g/mol. The maximum atomic E-state index is 5.89. The minimum atomic E-state index is 0.0947. The number of nitrogens with zero attached hydrogens (tertiary/aromatic N) is 4. The summed E-state index contributed by atoms with van der Waals surface area (Å²) in [5.41, 5.74) is 2.29. The first kappa shape index (κ1) is 17.3. The van der Waals surface area contributed by atoms with Crippen LogP contribution in [0.2, 0.25) is 0 Å². The van der Waals surface area contributed by atoms with Crippen molar-refractivity contribution in [2.24, 2.45) is 0 Å². The van der Waals surface area contributed by atoms with Crippen molar-refractivity contribution in [2.45, 2.75) is 37.6 Å². The molecule has 0 saturated carbocycles. The summed E-state index contributed by atoms with van der Waals surface area (Å²) in [5.74, 6) is 1.09. The van der Waals surface area contributed by atoms with Crippen molar-refractivity contribution in [3.8, 4) is 0 Å². The van der Waals surface area contributed by atoms with Gasteiger partial charge in [0.25, 0.3) is 0 Å². The third-order valence-corrected chi connectivity index (χ3v) is 4.99. The van der Waals surface area contributed by atoms with E-state index in [-0.39, 0.29) is 6.10 Å². The zero-order chi connectivity index (χ0) is 16.6. The SMILES string of the molecule is CCCCSc1ncc(CN2CCOC(c3cccnc3)C2)cn1. The van der Waals surface area contributed by atoms with Gasteiger partial charge in [0.15, 0.2) is 5.16 Å². The van der Waals surface area contributed by atoms with Crippen LogP contribution in [0.5, 0.6) is 0 Å². The number of hydrogen-bond acceptors (Lipinski definition) is 6. The largest absolute Gasteiger partial charge is 0.371 e. The van der Waals surface area contributed by atoms with E-state index in [4.69, 9.17) is 4.74 Å². The zero-order valence-corrected chi connectivity index (χ0v) is 14.9. The van der Waals surface area contributed by atoms with Crippen LogP contribution in [0.25, 0.3) is 0 Å². The van der Waals surface area contributed by atoms with Crippen LogP contribution in [-0.2, 0) is 11.3 Å². The Labute approximate surface area is 147 Å². The molecule has 1 aliphatic rings. The van der Waals surface area contributed by atoms with Crippen LogP contribution in [0.4, 0.5) is 0 Å². The smallest absolute Gasteiger partial charge is 0.187 e. The molecular formula is C18H24N4OS. The van der Waals surface area contributed by atoms with E-state index in [0.717, 1.165) is 48.3 Å². The van der Waals surface area contributed by atoms with Gasteiger partial charge in [-0.3, -0.25) is 9.88 Å². The molecule has 1 atom stereocenters. The molecule has 5 nitrogen and oxygen atoms in total. The lowest BCUT2D eigenvalue weighted by atomic mass is 10.1. The van der Waals surface area contributed by atoms with Gasteiger partial charge in [0, 0.05) is 61.3 Å². The highest BCUT2D eigenvalue weighted by Gasteiger charge is 2.22. The van der Waals surface area contributed by atoms with Crippen LogP contribution >= 0.6 is 11.8 Å². The normalized spacial score (nSPS) is 18.6. The third kappa shape index (κ3) is 5.00. The molecule has 0 spiro atoms. The van der Waals surface area contributed by atoms with Crippen LogP contribution < -0.4 is 0 Å². The predicted molar refractivity (Wildman–Crippen MR) is 95.9 cm³/mol. The Kier molecular flexibility index (Phi) is 6.57. The molecule has 3 heterocycles. The molecule has 0 amide bonds. The summed E-state index contributed by atoms with van der Waals surface area (Å²) in [7, 11) is 0. The van der Waals surface area contributed by atoms with Gasteiger partial charge in [-0.1, -0.05) is 31.2 Å². The third-order valence-electron chi connectivity index (χ3n) is 4.02. The van der Waals surface area contributed by atoms with Gasteiger partial charge in [-0.25, -0.2) is 9.97 Å². The Hall–Kier alpha value is -1.50. The van der Waals surface area contributed by atoms with Crippen LogP contribution in [-0.4, -0.2) is 45.3 Å². The fourth-order valence-corrected chi connectivity index (χ4v) is 3.55. The van der Waals surface area contributed by atoms with Crippen molar-refractivity contribution in [3.63, 3.8) is 0 Å². The van der Waals surface area contributed by atoms with Crippen molar-refractivity contribution in [3.05, 3.63) is 48.0 Å². The minimum absolute atomic E-state index is 0.0947. The number of unbranched alkanes of at least 4 members (excludes halogenated alkanes) is 1. The summed E-state index contributed by atoms with van der Waals surface area (Å²) >= 11 is 1.73. The molecule has 1 fully saturated rings. The second kappa shape index (κ2) is 9.11. The number of hydrogen-bond donors (Lipinski definition) is 0. The highest BCUT2D eigenvalue weighted by Crippen LogP contribution is 2.22. The molecule has 1 aliphatic heterocycles.